The fraction of sp³-hybridized carbons (Fsp3) is 0.292. The Hall–Kier alpha value is -3.68. The van der Waals surface area contributed by atoms with E-state index in [9.17, 15) is 9.18 Å². The van der Waals surface area contributed by atoms with Crippen LogP contribution in [0.15, 0.2) is 48.8 Å². The van der Waals surface area contributed by atoms with E-state index in [4.69, 9.17) is 5.73 Å². The zero-order valence-corrected chi connectivity index (χ0v) is 17.6. The van der Waals surface area contributed by atoms with Crippen LogP contribution in [0.3, 0.4) is 0 Å². The number of halogens is 1. The zero-order chi connectivity index (χ0) is 22.1. The lowest BCUT2D eigenvalue weighted by atomic mass is 10.1. The maximum Gasteiger partial charge on any atom is 0.252 e. The second kappa shape index (κ2) is 8.45. The van der Waals surface area contributed by atoms with Crippen LogP contribution in [0.25, 0.3) is 0 Å². The highest BCUT2D eigenvalue weighted by molar-refractivity contribution is 5.98. The first-order valence-corrected chi connectivity index (χ1v) is 10.9. The molecule has 5 rings (SSSR count). The molecule has 1 aromatic carbocycles. The van der Waals surface area contributed by atoms with Gasteiger partial charge in [-0.2, -0.15) is 0 Å². The van der Waals surface area contributed by atoms with Crippen LogP contribution in [0.1, 0.15) is 46.8 Å². The van der Waals surface area contributed by atoms with Crippen molar-refractivity contribution < 1.29 is 9.18 Å². The average molecular weight is 433 g/mol. The van der Waals surface area contributed by atoms with E-state index >= 15 is 0 Å². The molecular weight excluding hydrogens is 407 g/mol. The van der Waals surface area contributed by atoms with Gasteiger partial charge in [0, 0.05) is 30.9 Å². The molecule has 0 radical (unpaired) electrons. The molecule has 2 aliphatic rings. The summed E-state index contributed by atoms with van der Waals surface area (Å²) >= 11 is 0. The monoisotopic (exact) mass is 432 g/mol. The van der Waals surface area contributed by atoms with Crippen LogP contribution in [0, 0.1) is 5.82 Å². The summed E-state index contributed by atoms with van der Waals surface area (Å²) in [5.74, 6) is 0.334. The van der Waals surface area contributed by atoms with Gasteiger partial charge in [-0.3, -0.25) is 4.79 Å². The molecule has 0 saturated carbocycles. The summed E-state index contributed by atoms with van der Waals surface area (Å²) in [6.45, 7) is 2.12. The largest absolute Gasteiger partial charge is 0.377 e. The number of aromatic nitrogens is 2. The number of nitrogens with two attached hydrogens (primary N) is 1. The van der Waals surface area contributed by atoms with Gasteiger partial charge in [0.2, 0.25) is 0 Å². The van der Waals surface area contributed by atoms with Gasteiger partial charge in [-0.25, -0.2) is 14.4 Å². The quantitative estimate of drug-likeness (QED) is 0.541. The van der Waals surface area contributed by atoms with Crippen LogP contribution < -0.4 is 21.3 Å². The van der Waals surface area contributed by atoms with E-state index in [1.807, 2.05) is 24.4 Å². The fourth-order valence-corrected chi connectivity index (χ4v) is 4.56. The molecule has 164 valence electrons. The average Bonchev–Trinajstić information content (AvgIpc) is 3.46. The summed E-state index contributed by atoms with van der Waals surface area (Å²) in [6.07, 6.45) is 7.22. The number of aryl methyl sites for hydroxylation is 1. The van der Waals surface area contributed by atoms with Crippen molar-refractivity contribution in [2.45, 2.75) is 31.7 Å². The summed E-state index contributed by atoms with van der Waals surface area (Å²) in [7, 11) is 0. The van der Waals surface area contributed by atoms with Crippen LogP contribution in [0.2, 0.25) is 0 Å². The van der Waals surface area contributed by atoms with Gasteiger partial charge < -0.3 is 21.3 Å². The third-order valence-electron chi connectivity index (χ3n) is 6.17. The predicted molar refractivity (Wildman–Crippen MR) is 123 cm³/mol. The van der Waals surface area contributed by atoms with Crippen molar-refractivity contribution in [1.82, 2.24) is 9.97 Å². The number of carbonyl (C=O) groups is 1. The molecule has 32 heavy (non-hydrogen) atoms. The maximum absolute atomic E-state index is 14.4. The number of anilines is 4. The number of hydrogen-bond acceptors (Lipinski definition) is 6. The van der Waals surface area contributed by atoms with Crippen LogP contribution in [-0.4, -0.2) is 29.0 Å². The van der Waals surface area contributed by atoms with E-state index in [1.54, 1.807) is 12.1 Å². The first-order valence-electron chi connectivity index (χ1n) is 10.9. The third kappa shape index (κ3) is 3.95. The maximum atomic E-state index is 14.4. The molecule has 1 amide bonds. The molecule has 1 saturated heterocycles. The molecule has 1 aliphatic heterocycles. The molecule has 1 aliphatic carbocycles. The minimum Gasteiger partial charge on any atom is -0.377 e. The summed E-state index contributed by atoms with van der Waals surface area (Å²) in [5, 5.41) is 6.49. The van der Waals surface area contributed by atoms with Gasteiger partial charge in [-0.1, -0.05) is 12.1 Å². The number of amides is 1. The lowest BCUT2D eigenvalue weighted by Gasteiger charge is -2.19. The predicted octanol–water partition coefficient (Wildman–Crippen LogP) is 4.16. The van der Waals surface area contributed by atoms with Crippen molar-refractivity contribution in [1.29, 1.82) is 0 Å². The Balaban J connectivity index is 1.37. The number of rotatable bonds is 6. The van der Waals surface area contributed by atoms with Gasteiger partial charge in [0.15, 0.2) is 0 Å². The van der Waals surface area contributed by atoms with E-state index in [-0.39, 0.29) is 17.4 Å². The van der Waals surface area contributed by atoms with E-state index < -0.39 is 5.91 Å². The van der Waals surface area contributed by atoms with Gasteiger partial charge in [0.25, 0.3) is 5.91 Å². The first-order chi connectivity index (χ1) is 15.6. The molecule has 2 aromatic heterocycles. The molecule has 0 spiro atoms. The zero-order valence-electron chi connectivity index (χ0n) is 17.6. The second-order valence-electron chi connectivity index (χ2n) is 8.25. The standard InChI is InChI=1S/C24H25FN6O/c25-18-5-3-4-15-6-8-19(23(15)18)29-20-12-22(28-14-17(20)24(26)32)30-21-9-7-16(13-27-21)31-10-1-2-11-31/h3-5,7,9,12-14,19H,1-2,6,8,10-11H2,(H2,26,32)(H2,27,28,29,30). The summed E-state index contributed by atoms with van der Waals surface area (Å²) in [4.78, 5) is 23.1. The number of benzene rings is 1. The number of nitrogens with zero attached hydrogens (tertiary/aromatic N) is 3. The highest BCUT2D eigenvalue weighted by Crippen LogP contribution is 2.36. The van der Waals surface area contributed by atoms with Crippen LogP contribution in [0.4, 0.5) is 27.4 Å². The molecule has 3 aromatic rings. The fourth-order valence-electron chi connectivity index (χ4n) is 4.56. The highest BCUT2D eigenvalue weighted by atomic mass is 19.1. The summed E-state index contributed by atoms with van der Waals surface area (Å²) in [5.41, 5.74) is 9.08. The number of primary amides is 1. The normalized spacial score (nSPS) is 17.3. The lowest BCUT2D eigenvalue weighted by molar-refractivity contribution is 0.100. The number of hydrogen-bond donors (Lipinski definition) is 3. The van der Waals surface area contributed by atoms with Gasteiger partial charge >= 0.3 is 0 Å². The van der Waals surface area contributed by atoms with E-state index in [0.717, 1.165) is 37.2 Å². The Labute approximate surface area is 185 Å². The van der Waals surface area contributed by atoms with Crippen LogP contribution >= 0.6 is 0 Å². The van der Waals surface area contributed by atoms with Crippen molar-refractivity contribution in [3.05, 3.63) is 71.3 Å². The minimum absolute atomic E-state index is 0.239. The molecule has 3 heterocycles. The number of fused-ring (bicyclic) bond motifs is 1. The van der Waals surface area contributed by atoms with E-state index in [1.165, 1.54) is 25.1 Å². The van der Waals surface area contributed by atoms with Crippen LogP contribution in [0.5, 0.6) is 0 Å². The highest BCUT2D eigenvalue weighted by Gasteiger charge is 2.27. The van der Waals surface area contributed by atoms with Crippen molar-refractivity contribution >= 4 is 28.9 Å². The Morgan fingerprint density at radius 3 is 2.66 bits per heavy atom. The number of pyridine rings is 2. The number of carbonyl (C=O) groups excluding carboxylic acids is 1. The van der Waals surface area contributed by atoms with Gasteiger partial charge in [0.05, 0.1) is 29.2 Å². The summed E-state index contributed by atoms with van der Waals surface area (Å²) in [6, 6.07) is 10.5. The Morgan fingerprint density at radius 2 is 1.91 bits per heavy atom. The Bertz CT molecular complexity index is 1140. The molecule has 1 atom stereocenters. The van der Waals surface area contributed by atoms with E-state index in [2.05, 4.69) is 25.5 Å². The van der Waals surface area contributed by atoms with Crippen molar-refractivity contribution in [2.75, 3.05) is 28.6 Å². The third-order valence-corrected chi connectivity index (χ3v) is 6.17. The first kappa shape index (κ1) is 20.2. The summed E-state index contributed by atoms with van der Waals surface area (Å²) < 4.78 is 14.4. The second-order valence-corrected chi connectivity index (χ2v) is 8.25. The van der Waals surface area contributed by atoms with Gasteiger partial charge in [0.1, 0.15) is 17.5 Å². The van der Waals surface area contributed by atoms with Crippen molar-refractivity contribution in [3.8, 4) is 0 Å². The molecule has 1 unspecified atom stereocenters. The molecule has 4 N–H and O–H groups in total. The van der Waals surface area contributed by atoms with Crippen molar-refractivity contribution in [2.24, 2.45) is 5.73 Å². The van der Waals surface area contributed by atoms with Gasteiger partial charge in [-0.05, 0) is 49.4 Å². The topological polar surface area (TPSA) is 96.2 Å². The van der Waals surface area contributed by atoms with Gasteiger partial charge in [-0.15, -0.1) is 0 Å². The smallest absolute Gasteiger partial charge is 0.252 e. The molecular formula is C24H25FN6O. The Morgan fingerprint density at radius 1 is 1.09 bits per heavy atom. The minimum atomic E-state index is -0.591. The lowest BCUT2D eigenvalue weighted by Crippen LogP contribution is -2.18. The molecule has 7 nitrogen and oxygen atoms in total. The van der Waals surface area contributed by atoms with Crippen molar-refractivity contribution in [3.63, 3.8) is 0 Å². The number of nitrogens with one attached hydrogen (secondary N) is 2. The Kier molecular flexibility index (Phi) is 5.34. The molecule has 1 fully saturated rings. The molecule has 0 bridgehead atoms. The van der Waals surface area contributed by atoms with E-state index in [0.29, 0.717) is 22.9 Å². The molecule has 8 heteroatoms. The SMILES string of the molecule is NC(=O)c1cnc(Nc2ccc(N3CCCC3)cn2)cc1NC1CCc2cccc(F)c21. The van der Waals surface area contributed by atoms with Crippen LogP contribution in [-0.2, 0) is 6.42 Å².